The van der Waals surface area contributed by atoms with Gasteiger partial charge in [0.05, 0.1) is 4.34 Å². The van der Waals surface area contributed by atoms with E-state index < -0.39 is 0 Å². The summed E-state index contributed by atoms with van der Waals surface area (Å²) in [6.45, 7) is 4.36. The molecule has 0 fully saturated rings. The molecule has 0 nitrogen and oxygen atoms in total. The van der Waals surface area contributed by atoms with Crippen LogP contribution in [0.25, 0.3) is 10.4 Å². The molecule has 0 saturated carbocycles. The third kappa shape index (κ3) is 4.09. The molecular formula is C17H21ClS. The van der Waals surface area contributed by atoms with Crippen LogP contribution in [0.4, 0.5) is 0 Å². The Morgan fingerprint density at radius 2 is 1.79 bits per heavy atom. The average molecular weight is 293 g/mol. The van der Waals surface area contributed by atoms with Crippen LogP contribution in [0.3, 0.4) is 0 Å². The van der Waals surface area contributed by atoms with Crippen molar-refractivity contribution in [3.63, 3.8) is 0 Å². The first-order valence-electron chi connectivity index (χ1n) is 7.06. The predicted molar refractivity (Wildman–Crippen MR) is 87.3 cm³/mol. The Bertz CT molecular complexity index is 511. The van der Waals surface area contributed by atoms with Gasteiger partial charge < -0.3 is 0 Å². The van der Waals surface area contributed by atoms with Gasteiger partial charge in [-0.2, -0.15) is 0 Å². The largest absolute Gasteiger partial charge is 0.123 e. The Hall–Kier alpha value is -0.790. The van der Waals surface area contributed by atoms with Crippen LogP contribution in [0, 0.1) is 6.92 Å². The van der Waals surface area contributed by atoms with Gasteiger partial charge in [-0.3, -0.25) is 0 Å². The minimum absolute atomic E-state index is 0.965. The lowest BCUT2D eigenvalue weighted by Gasteiger charge is -1.99. The molecule has 1 heterocycles. The van der Waals surface area contributed by atoms with Crippen LogP contribution < -0.4 is 0 Å². The van der Waals surface area contributed by atoms with Gasteiger partial charge in [0.1, 0.15) is 0 Å². The Morgan fingerprint density at radius 1 is 1.05 bits per heavy atom. The van der Waals surface area contributed by atoms with Gasteiger partial charge in [-0.1, -0.05) is 67.6 Å². The molecule has 0 radical (unpaired) electrons. The van der Waals surface area contributed by atoms with E-state index in [2.05, 4.69) is 44.2 Å². The number of halogens is 1. The maximum atomic E-state index is 6.36. The SMILES string of the molecule is CCCCCCc1cc(-c2ccc(C)cc2)sc1Cl. The summed E-state index contributed by atoms with van der Waals surface area (Å²) in [7, 11) is 0. The fourth-order valence-electron chi connectivity index (χ4n) is 2.18. The molecule has 0 aliphatic carbocycles. The van der Waals surface area contributed by atoms with E-state index in [1.54, 1.807) is 11.3 Å². The monoisotopic (exact) mass is 292 g/mol. The first kappa shape index (κ1) is 14.6. The van der Waals surface area contributed by atoms with Gasteiger partial charge in [-0.15, -0.1) is 11.3 Å². The van der Waals surface area contributed by atoms with Gasteiger partial charge in [0.2, 0.25) is 0 Å². The number of aryl methyl sites for hydroxylation is 2. The Morgan fingerprint density at radius 3 is 2.47 bits per heavy atom. The Labute approximate surface area is 125 Å². The maximum absolute atomic E-state index is 6.36. The second kappa shape index (κ2) is 7.12. The number of rotatable bonds is 6. The summed E-state index contributed by atoms with van der Waals surface area (Å²) in [5.41, 5.74) is 3.89. The van der Waals surface area contributed by atoms with Crippen molar-refractivity contribution >= 4 is 22.9 Å². The highest BCUT2D eigenvalue weighted by Crippen LogP contribution is 2.35. The lowest BCUT2D eigenvalue weighted by molar-refractivity contribution is 0.667. The second-order valence-electron chi connectivity index (χ2n) is 5.09. The molecule has 0 amide bonds. The summed E-state index contributed by atoms with van der Waals surface area (Å²) in [4.78, 5) is 1.29. The van der Waals surface area contributed by atoms with E-state index in [0.29, 0.717) is 0 Å². The van der Waals surface area contributed by atoms with Crippen LogP contribution in [0.1, 0.15) is 43.7 Å². The summed E-state index contributed by atoms with van der Waals surface area (Å²) in [5.74, 6) is 0. The van der Waals surface area contributed by atoms with Crippen molar-refractivity contribution in [1.82, 2.24) is 0 Å². The Kier molecular flexibility index (Phi) is 5.47. The van der Waals surface area contributed by atoms with Crippen molar-refractivity contribution in [3.05, 3.63) is 45.8 Å². The second-order valence-corrected chi connectivity index (χ2v) is 6.74. The molecule has 0 N–H and O–H groups in total. The molecule has 2 heteroatoms. The van der Waals surface area contributed by atoms with Crippen molar-refractivity contribution in [1.29, 1.82) is 0 Å². The molecule has 0 spiro atoms. The van der Waals surface area contributed by atoms with Crippen LogP contribution in [-0.4, -0.2) is 0 Å². The third-order valence-corrected chi connectivity index (χ3v) is 4.88. The summed E-state index contributed by atoms with van der Waals surface area (Å²) in [5, 5.41) is 0. The molecule has 0 aliphatic rings. The molecule has 1 aromatic heterocycles. The van der Waals surface area contributed by atoms with E-state index in [4.69, 9.17) is 11.6 Å². The lowest BCUT2D eigenvalue weighted by Crippen LogP contribution is -1.83. The van der Waals surface area contributed by atoms with Crippen molar-refractivity contribution in [3.8, 4) is 10.4 Å². The minimum Gasteiger partial charge on any atom is -0.123 e. The molecule has 0 aliphatic heterocycles. The normalized spacial score (nSPS) is 10.9. The van der Waals surface area contributed by atoms with E-state index >= 15 is 0 Å². The van der Waals surface area contributed by atoms with Crippen LogP contribution in [-0.2, 0) is 6.42 Å². The van der Waals surface area contributed by atoms with Gasteiger partial charge in [0.15, 0.2) is 0 Å². The van der Waals surface area contributed by atoms with Crippen LogP contribution in [0.5, 0.6) is 0 Å². The van der Waals surface area contributed by atoms with E-state index in [1.165, 1.54) is 47.3 Å². The summed E-state index contributed by atoms with van der Waals surface area (Å²) < 4.78 is 0.965. The third-order valence-electron chi connectivity index (χ3n) is 3.39. The highest BCUT2D eigenvalue weighted by atomic mass is 35.5. The number of unbranched alkanes of at least 4 members (excludes halogenated alkanes) is 3. The molecule has 1 aromatic carbocycles. The van der Waals surface area contributed by atoms with Crippen LogP contribution in [0.2, 0.25) is 4.34 Å². The summed E-state index contributed by atoms with van der Waals surface area (Å²) in [6.07, 6.45) is 6.28. The zero-order valence-corrected chi connectivity index (χ0v) is 13.3. The fourth-order valence-corrected chi connectivity index (χ4v) is 3.52. The van der Waals surface area contributed by atoms with Crippen molar-refractivity contribution in [2.75, 3.05) is 0 Å². The van der Waals surface area contributed by atoms with E-state index in [1.807, 2.05) is 0 Å². The molecular weight excluding hydrogens is 272 g/mol. The molecule has 2 aromatic rings. The minimum atomic E-state index is 0.965. The molecule has 0 saturated heterocycles. The average Bonchev–Trinajstić information content (AvgIpc) is 2.77. The fraction of sp³-hybridized carbons (Fsp3) is 0.412. The van der Waals surface area contributed by atoms with Crippen molar-refractivity contribution < 1.29 is 0 Å². The smallest absolute Gasteiger partial charge is 0.0966 e. The number of thiophene rings is 1. The number of hydrogen-bond donors (Lipinski definition) is 0. The highest BCUT2D eigenvalue weighted by molar-refractivity contribution is 7.19. The van der Waals surface area contributed by atoms with Gasteiger partial charge in [0.25, 0.3) is 0 Å². The standard InChI is InChI=1S/C17H21ClS/c1-3-4-5-6-7-15-12-16(19-17(15)18)14-10-8-13(2)9-11-14/h8-12H,3-7H2,1-2H3. The summed E-state index contributed by atoms with van der Waals surface area (Å²) >= 11 is 8.06. The topological polar surface area (TPSA) is 0 Å². The zero-order chi connectivity index (χ0) is 13.7. The van der Waals surface area contributed by atoms with E-state index in [-0.39, 0.29) is 0 Å². The first-order chi connectivity index (χ1) is 9.20. The quantitative estimate of drug-likeness (QED) is 0.533. The molecule has 0 unspecified atom stereocenters. The van der Waals surface area contributed by atoms with Gasteiger partial charge in [0, 0.05) is 4.88 Å². The first-order valence-corrected chi connectivity index (χ1v) is 8.25. The van der Waals surface area contributed by atoms with Crippen molar-refractivity contribution in [2.24, 2.45) is 0 Å². The van der Waals surface area contributed by atoms with Crippen LogP contribution >= 0.6 is 22.9 Å². The van der Waals surface area contributed by atoms with Crippen molar-refractivity contribution in [2.45, 2.75) is 46.0 Å². The molecule has 102 valence electrons. The van der Waals surface area contributed by atoms with E-state index in [0.717, 1.165) is 10.8 Å². The molecule has 19 heavy (non-hydrogen) atoms. The zero-order valence-electron chi connectivity index (χ0n) is 11.7. The molecule has 0 atom stereocenters. The maximum Gasteiger partial charge on any atom is 0.0966 e. The Balaban J connectivity index is 2.05. The number of benzene rings is 1. The van der Waals surface area contributed by atoms with Gasteiger partial charge in [-0.25, -0.2) is 0 Å². The lowest BCUT2D eigenvalue weighted by atomic mass is 10.1. The van der Waals surface area contributed by atoms with Gasteiger partial charge in [-0.05, 0) is 37.0 Å². The van der Waals surface area contributed by atoms with Gasteiger partial charge >= 0.3 is 0 Å². The predicted octanol–water partition coefficient (Wildman–Crippen LogP) is 6.50. The summed E-state index contributed by atoms with van der Waals surface area (Å²) in [6, 6.07) is 10.9. The number of hydrogen-bond acceptors (Lipinski definition) is 1. The molecule has 0 bridgehead atoms. The van der Waals surface area contributed by atoms with Crippen LogP contribution in [0.15, 0.2) is 30.3 Å². The highest BCUT2D eigenvalue weighted by Gasteiger charge is 2.08. The molecule has 2 rings (SSSR count). The van der Waals surface area contributed by atoms with E-state index in [9.17, 15) is 0 Å².